The van der Waals surface area contributed by atoms with Gasteiger partial charge in [0.15, 0.2) is 0 Å². The molecule has 1 heterocycles. The van der Waals surface area contributed by atoms with E-state index in [1.807, 2.05) is 6.20 Å². The molecule has 2 saturated carbocycles. The Bertz CT molecular complexity index is 885. The highest BCUT2D eigenvalue weighted by atomic mass is 14.7. The topological polar surface area (TPSA) is 60.5 Å². The molecule has 0 amide bonds. The van der Waals surface area contributed by atoms with Gasteiger partial charge >= 0.3 is 0 Å². The second-order valence-electron chi connectivity index (χ2n) is 8.40. The van der Waals surface area contributed by atoms with Crippen molar-refractivity contribution < 1.29 is 0 Å². The SMILES string of the molecule is N#C[C@H]1CCCC[C@H]1[C@]1(C#N)CCCC[C@H]1Cc1nccc2ccccc12. The van der Waals surface area contributed by atoms with Crippen molar-refractivity contribution in [2.45, 2.75) is 57.8 Å². The Balaban J connectivity index is 1.71. The van der Waals surface area contributed by atoms with E-state index in [1.54, 1.807) is 0 Å². The Morgan fingerprint density at radius 3 is 2.67 bits per heavy atom. The summed E-state index contributed by atoms with van der Waals surface area (Å²) >= 11 is 0. The van der Waals surface area contributed by atoms with Gasteiger partial charge in [0.2, 0.25) is 0 Å². The summed E-state index contributed by atoms with van der Waals surface area (Å²) in [5.41, 5.74) is 0.751. The Hall–Kier alpha value is -2.39. The van der Waals surface area contributed by atoms with Crippen molar-refractivity contribution in [2.24, 2.45) is 23.2 Å². The zero-order chi connectivity index (χ0) is 18.7. The van der Waals surface area contributed by atoms with Crippen LogP contribution >= 0.6 is 0 Å². The molecule has 27 heavy (non-hydrogen) atoms. The highest BCUT2D eigenvalue weighted by molar-refractivity contribution is 5.84. The van der Waals surface area contributed by atoms with Gasteiger partial charge < -0.3 is 0 Å². The number of pyridine rings is 1. The van der Waals surface area contributed by atoms with Crippen LogP contribution in [0.5, 0.6) is 0 Å². The molecule has 0 bridgehead atoms. The second kappa shape index (κ2) is 7.69. The molecular weight excluding hydrogens is 330 g/mol. The normalized spacial score (nSPS) is 31.1. The maximum absolute atomic E-state index is 10.4. The van der Waals surface area contributed by atoms with E-state index in [2.05, 4.69) is 42.5 Å². The van der Waals surface area contributed by atoms with Crippen molar-refractivity contribution >= 4 is 10.8 Å². The lowest BCUT2D eigenvalue weighted by atomic mass is 9.54. The molecule has 4 rings (SSSR count). The molecule has 0 spiro atoms. The molecule has 0 radical (unpaired) electrons. The molecule has 0 aliphatic heterocycles. The average molecular weight is 358 g/mol. The van der Waals surface area contributed by atoms with Crippen LogP contribution < -0.4 is 0 Å². The van der Waals surface area contributed by atoms with Crippen LogP contribution in [0.2, 0.25) is 0 Å². The van der Waals surface area contributed by atoms with Gasteiger partial charge in [-0.3, -0.25) is 4.98 Å². The van der Waals surface area contributed by atoms with Gasteiger partial charge in [0.25, 0.3) is 0 Å². The molecule has 1 aromatic carbocycles. The van der Waals surface area contributed by atoms with Crippen molar-refractivity contribution in [1.29, 1.82) is 10.5 Å². The van der Waals surface area contributed by atoms with Crippen LogP contribution in [0.3, 0.4) is 0 Å². The molecule has 3 heteroatoms. The number of hydrogen-bond acceptors (Lipinski definition) is 3. The summed E-state index contributed by atoms with van der Waals surface area (Å²) in [6.45, 7) is 0. The largest absolute Gasteiger partial charge is 0.261 e. The molecule has 2 fully saturated rings. The maximum Gasteiger partial charge on any atom is 0.0696 e. The number of aromatic nitrogens is 1. The summed E-state index contributed by atoms with van der Waals surface area (Å²) in [4.78, 5) is 4.71. The lowest BCUT2D eigenvalue weighted by Gasteiger charge is -2.47. The zero-order valence-corrected chi connectivity index (χ0v) is 15.9. The van der Waals surface area contributed by atoms with Crippen molar-refractivity contribution in [2.75, 3.05) is 0 Å². The van der Waals surface area contributed by atoms with E-state index < -0.39 is 0 Å². The second-order valence-corrected chi connectivity index (χ2v) is 8.40. The summed E-state index contributed by atoms with van der Waals surface area (Å²) < 4.78 is 0. The number of fused-ring (bicyclic) bond motifs is 1. The number of benzene rings is 1. The van der Waals surface area contributed by atoms with Gasteiger partial charge in [0.1, 0.15) is 0 Å². The van der Waals surface area contributed by atoms with Crippen molar-refractivity contribution in [3.63, 3.8) is 0 Å². The van der Waals surface area contributed by atoms with Crippen molar-refractivity contribution in [1.82, 2.24) is 4.98 Å². The molecule has 1 aromatic heterocycles. The van der Waals surface area contributed by atoms with Crippen LogP contribution in [0, 0.1) is 45.8 Å². The van der Waals surface area contributed by atoms with Crippen LogP contribution in [0.25, 0.3) is 10.8 Å². The van der Waals surface area contributed by atoms with Crippen LogP contribution in [0.4, 0.5) is 0 Å². The molecule has 0 saturated heterocycles. The summed E-state index contributed by atoms with van der Waals surface area (Å²) in [6.07, 6.45) is 11.3. The molecular formula is C24H27N3. The molecule has 0 unspecified atom stereocenters. The molecule has 3 nitrogen and oxygen atoms in total. The van der Waals surface area contributed by atoms with Crippen LogP contribution in [-0.4, -0.2) is 4.98 Å². The Morgan fingerprint density at radius 2 is 1.81 bits per heavy atom. The number of nitrogens with zero attached hydrogens (tertiary/aromatic N) is 3. The van der Waals surface area contributed by atoms with Crippen LogP contribution in [-0.2, 0) is 6.42 Å². The van der Waals surface area contributed by atoms with Gasteiger partial charge in [-0.15, -0.1) is 0 Å². The van der Waals surface area contributed by atoms with Gasteiger partial charge in [-0.1, -0.05) is 49.9 Å². The minimum absolute atomic E-state index is 0.0412. The Morgan fingerprint density at radius 1 is 1.00 bits per heavy atom. The summed E-state index contributed by atoms with van der Waals surface area (Å²) in [6, 6.07) is 15.8. The van der Waals surface area contributed by atoms with E-state index in [9.17, 15) is 10.5 Å². The first-order valence-corrected chi connectivity index (χ1v) is 10.4. The van der Waals surface area contributed by atoms with Gasteiger partial charge in [0.05, 0.1) is 23.5 Å². The summed E-state index contributed by atoms with van der Waals surface area (Å²) in [5, 5.41) is 22.6. The minimum atomic E-state index is -0.363. The van der Waals surface area contributed by atoms with Crippen molar-refractivity contribution in [3.05, 3.63) is 42.2 Å². The lowest BCUT2D eigenvalue weighted by Crippen LogP contribution is -2.44. The highest BCUT2D eigenvalue weighted by Crippen LogP contribution is 2.54. The predicted octanol–water partition coefficient (Wildman–Crippen LogP) is 5.81. The molecule has 0 N–H and O–H groups in total. The third-order valence-corrected chi connectivity index (χ3v) is 7.12. The minimum Gasteiger partial charge on any atom is -0.261 e. The lowest BCUT2D eigenvalue weighted by molar-refractivity contribution is 0.0381. The molecule has 2 aliphatic carbocycles. The first-order chi connectivity index (χ1) is 13.3. The van der Waals surface area contributed by atoms with E-state index in [0.717, 1.165) is 57.1 Å². The first kappa shape index (κ1) is 18.0. The summed E-state index contributed by atoms with van der Waals surface area (Å²) in [5.74, 6) is 0.564. The maximum atomic E-state index is 10.4. The fourth-order valence-electron chi connectivity index (χ4n) is 5.75. The monoisotopic (exact) mass is 357 g/mol. The quantitative estimate of drug-likeness (QED) is 0.696. The summed E-state index contributed by atoms with van der Waals surface area (Å²) in [7, 11) is 0. The average Bonchev–Trinajstić information content (AvgIpc) is 2.74. The third-order valence-electron chi connectivity index (χ3n) is 7.12. The third kappa shape index (κ3) is 3.21. The first-order valence-electron chi connectivity index (χ1n) is 10.4. The van der Waals surface area contributed by atoms with E-state index in [0.29, 0.717) is 5.92 Å². The molecule has 138 valence electrons. The molecule has 2 aromatic rings. The van der Waals surface area contributed by atoms with Crippen LogP contribution in [0.1, 0.15) is 57.1 Å². The standard InChI is InChI=1S/C24H27N3/c25-16-19-8-2-4-11-22(19)24(17-26)13-6-5-9-20(24)15-23-21-10-3-1-7-18(21)12-14-27-23/h1,3,7,10,12,14,19-20,22H,2,4-6,8-9,11,13,15H2/t19-,20+,22-,24+/m1/s1. The zero-order valence-electron chi connectivity index (χ0n) is 15.9. The van der Waals surface area contributed by atoms with Gasteiger partial charge in [-0.25, -0.2) is 0 Å². The molecule has 4 atom stereocenters. The smallest absolute Gasteiger partial charge is 0.0696 e. The van der Waals surface area contributed by atoms with Gasteiger partial charge in [0, 0.05) is 17.3 Å². The van der Waals surface area contributed by atoms with E-state index >= 15 is 0 Å². The van der Waals surface area contributed by atoms with E-state index in [-0.39, 0.29) is 17.3 Å². The van der Waals surface area contributed by atoms with E-state index in [4.69, 9.17) is 4.98 Å². The number of rotatable bonds is 3. The predicted molar refractivity (Wildman–Crippen MR) is 107 cm³/mol. The van der Waals surface area contributed by atoms with Gasteiger partial charge in [-0.2, -0.15) is 10.5 Å². The van der Waals surface area contributed by atoms with Crippen molar-refractivity contribution in [3.8, 4) is 12.1 Å². The molecule has 2 aliphatic rings. The Kier molecular flexibility index (Phi) is 5.13. The highest BCUT2D eigenvalue weighted by Gasteiger charge is 2.50. The van der Waals surface area contributed by atoms with Crippen LogP contribution in [0.15, 0.2) is 36.5 Å². The Labute approximate surface area is 162 Å². The number of nitriles is 2. The number of hydrogen-bond donors (Lipinski definition) is 0. The fraction of sp³-hybridized carbons (Fsp3) is 0.542. The van der Waals surface area contributed by atoms with Gasteiger partial charge in [-0.05, 0) is 55.4 Å². The van der Waals surface area contributed by atoms with E-state index in [1.165, 1.54) is 17.2 Å². The fourth-order valence-corrected chi connectivity index (χ4v) is 5.75.